The predicted octanol–water partition coefficient (Wildman–Crippen LogP) is 3.24. The molecular formula is C18H22N2O. The maximum absolute atomic E-state index is 12.3. The molecule has 21 heavy (non-hydrogen) atoms. The fraction of sp³-hybridized carbons (Fsp3) is 0.278. The average Bonchev–Trinajstić information content (AvgIpc) is 2.47. The summed E-state index contributed by atoms with van der Waals surface area (Å²) < 4.78 is 0. The van der Waals surface area contributed by atoms with Gasteiger partial charge in [-0.25, -0.2) is 0 Å². The van der Waals surface area contributed by atoms with E-state index in [1.54, 1.807) is 0 Å². The number of hydrogen-bond acceptors (Lipinski definition) is 3. The molecule has 3 nitrogen and oxygen atoms in total. The predicted molar refractivity (Wildman–Crippen MR) is 89.6 cm³/mol. The number of carbonyl (C=O) groups is 1. The third-order valence-corrected chi connectivity index (χ3v) is 3.52. The zero-order chi connectivity index (χ0) is 15.4. The van der Waals surface area contributed by atoms with Gasteiger partial charge in [0.15, 0.2) is 5.78 Å². The van der Waals surface area contributed by atoms with Gasteiger partial charge in [0.25, 0.3) is 0 Å². The van der Waals surface area contributed by atoms with Gasteiger partial charge in [-0.2, -0.15) is 0 Å². The van der Waals surface area contributed by atoms with E-state index < -0.39 is 0 Å². The van der Waals surface area contributed by atoms with Crippen molar-refractivity contribution in [1.82, 2.24) is 0 Å². The first-order chi connectivity index (χ1) is 9.97. The van der Waals surface area contributed by atoms with Crippen LogP contribution in [0.3, 0.4) is 0 Å². The summed E-state index contributed by atoms with van der Waals surface area (Å²) in [5, 5.41) is 0. The number of rotatable bonds is 5. The van der Waals surface area contributed by atoms with Crippen LogP contribution in [0.5, 0.6) is 0 Å². The van der Waals surface area contributed by atoms with Crippen LogP contribution in [0.25, 0.3) is 0 Å². The Morgan fingerprint density at radius 3 is 1.62 bits per heavy atom. The monoisotopic (exact) mass is 282 g/mol. The molecule has 3 heteroatoms. The summed E-state index contributed by atoms with van der Waals surface area (Å²) in [6, 6.07) is 15.8. The number of carbonyl (C=O) groups excluding carboxylic acids is 1. The van der Waals surface area contributed by atoms with Crippen LogP contribution in [0.2, 0.25) is 0 Å². The van der Waals surface area contributed by atoms with Crippen LogP contribution >= 0.6 is 0 Å². The van der Waals surface area contributed by atoms with Gasteiger partial charge < -0.3 is 9.80 Å². The van der Waals surface area contributed by atoms with E-state index >= 15 is 0 Å². The van der Waals surface area contributed by atoms with Gasteiger partial charge >= 0.3 is 0 Å². The normalized spacial score (nSPS) is 10.3. The van der Waals surface area contributed by atoms with Crippen LogP contribution in [0.4, 0.5) is 11.4 Å². The lowest BCUT2D eigenvalue weighted by Crippen LogP contribution is -2.10. The zero-order valence-electron chi connectivity index (χ0n) is 13.1. The lowest BCUT2D eigenvalue weighted by atomic mass is 10.0. The van der Waals surface area contributed by atoms with Crippen LogP contribution in [-0.4, -0.2) is 34.0 Å². The average molecular weight is 282 g/mol. The molecule has 0 bridgehead atoms. The Bertz CT molecular complexity index is 598. The molecule has 0 unspecified atom stereocenters. The number of benzene rings is 2. The van der Waals surface area contributed by atoms with Gasteiger partial charge in [-0.15, -0.1) is 0 Å². The van der Waals surface area contributed by atoms with Gasteiger partial charge in [-0.1, -0.05) is 12.1 Å². The smallest absolute Gasteiger partial charge is 0.167 e. The molecule has 110 valence electrons. The first kappa shape index (κ1) is 15.1. The summed E-state index contributed by atoms with van der Waals surface area (Å²) in [4.78, 5) is 16.4. The Morgan fingerprint density at radius 2 is 1.19 bits per heavy atom. The maximum Gasteiger partial charge on any atom is 0.167 e. The van der Waals surface area contributed by atoms with Gasteiger partial charge in [0.1, 0.15) is 0 Å². The third-order valence-electron chi connectivity index (χ3n) is 3.52. The van der Waals surface area contributed by atoms with E-state index in [9.17, 15) is 4.79 Å². The molecule has 0 saturated carbocycles. The highest BCUT2D eigenvalue weighted by Crippen LogP contribution is 2.16. The van der Waals surface area contributed by atoms with Gasteiger partial charge in [0.2, 0.25) is 0 Å². The summed E-state index contributed by atoms with van der Waals surface area (Å²) in [6.45, 7) is 0. The number of ketones is 1. The molecular weight excluding hydrogens is 260 g/mol. The lowest BCUT2D eigenvalue weighted by molar-refractivity contribution is 0.0993. The second-order valence-electron chi connectivity index (χ2n) is 5.60. The molecule has 0 saturated heterocycles. The Hall–Kier alpha value is -2.29. The van der Waals surface area contributed by atoms with E-state index in [-0.39, 0.29) is 5.78 Å². The minimum absolute atomic E-state index is 0.151. The summed E-state index contributed by atoms with van der Waals surface area (Å²) in [6.07, 6.45) is 0.440. The van der Waals surface area contributed by atoms with Crippen molar-refractivity contribution in [3.8, 4) is 0 Å². The molecule has 2 aromatic rings. The van der Waals surface area contributed by atoms with Crippen LogP contribution in [-0.2, 0) is 6.42 Å². The molecule has 0 heterocycles. The highest BCUT2D eigenvalue weighted by atomic mass is 16.1. The summed E-state index contributed by atoms with van der Waals surface area (Å²) in [7, 11) is 7.99. The van der Waals surface area contributed by atoms with E-state index in [0.717, 1.165) is 22.5 Å². The van der Waals surface area contributed by atoms with Gasteiger partial charge in [-0.3, -0.25) is 4.79 Å². The second-order valence-corrected chi connectivity index (χ2v) is 5.60. The Balaban J connectivity index is 2.06. The number of Topliss-reactive ketones (excluding diaryl/α,β-unsaturated/α-hetero) is 1. The van der Waals surface area contributed by atoms with Crippen molar-refractivity contribution in [2.75, 3.05) is 38.0 Å². The van der Waals surface area contributed by atoms with Crippen LogP contribution in [0, 0.1) is 0 Å². The number of anilines is 2. The van der Waals surface area contributed by atoms with Crippen molar-refractivity contribution >= 4 is 17.2 Å². The second kappa shape index (κ2) is 6.44. The highest BCUT2D eigenvalue weighted by Gasteiger charge is 2.08. The molecule has 2 aromatic carbocycles. The summed E-state index contributed by atoms with van der Waals surface area (Å²) >= 11 is 0. The van der Waals surface area contributed by atoms with E-state index in [1.165, 1.54) is 0 Å². The maximum atomic E-state index is 12.3. The van der Waals surface area contributed by atoms with Crippen molar-refractivity contribution in [3.63, 3.8) is 0 Å². The van der Waals surface area contributed by atoms with Crippen LogP contribution in [0.1, 0.15) is 15.9 Å². The van der Waals surface area contributed by atoms with Crippen molar-refractivity contribution in [3.05, 3.63) is 59.7 Å². The third kappa shape index (κ3) is 3.85. The van der Waals surface area contributed by atoms with Gasteiger partial charge in [0.05, 0.1) is 0 Å². The molecule has 0 N–H and O–H groups in total. The topological polar surface area (TPSA) is 23.6 Å². The first-order valence-electron chi connectivity index (χ1n) is 7.04. The van der Waals surface area contributed by atoms with Gasteiger partial charge in [-0.05, 0) is 42.0 Å². The molecule has 0 atom stereocenters. The summed E-state index contributed by atoms with van der Waals surface area (Å²) in [5.74, 6) is 0.151. The van der Waals surface area contributed by atoms with Crippen LogP contribution < -0.4 is 9.80 Å². The van der Waals surface area contributed by atoms with Crippen LogP contribution in [0.15, 0.2) is 48.5 Å². The van der Waals surface area contributed by atoms with Crippen molar-refractivity contribution in [2.24, 2.45) is 0 Å². The molecule has 2 rings (SSSR count). The largest absolute Gasteiger partial charge is 0.378 e. The lowest BCUT2D eigenvalue weighted by Gasteiger charge is -2.13. The molecule has 0 amide bonds. The molecule has 0 fully saturated rings. The Labute approximate surface area is 126 Å². The van der Waals surface area contributed by atoms with E-state index in [2.05, 4.69) is 0 Å². The fourth-order valence-corrected chi connectivity index (χ4v) is 2.14. The SMILES string of the molecule is CN(C)c1ccc(CC(=O)c2ccc(N(C)C)cc2)cc1. The zero-order valence-corrected chi connectivity index (χ0v) is 13.1. The Kier molecular flexibility index (Phi) is 4.63. The highest BCUT2D eigenvalue weighted by molar-refractivity contribution is 5.97. The standard InChI is InChI=1S/C18H22N2O/c1-19(2)16-9-5-14(6-10-16)13-18(21)15-7-11-17(12-8-15)20(3)4/h5-12H,13H2,1-4H3. The fourth-order valence-electron chi connectivity index (χ4n) is 2.14. The van der Waals surface area contributed by atoms with E-state index in [4.69, 9.17) is 0 Å². The Morgan fingerprint density at radius 1 is 0.762 bits per heavy atom. The minimum Gasteiger partial charge on any atom is -0.378 e. The first-order valence-corrected chi connectivity index (χ1v) is 7.04. The number of hydrogen-bond donors (Lipinski definition) is 0. The molecule has 0 radical (unpaired) electrons. The van der Waals surface area contributed by atoms with Gasteiger partial charge in [0, 0.05) is 51.5 Å². The molecule has 0 aliphatic carbocycles. The van der Waals surface area contributed by atoms with Crippen molar-refractivity contribution in [1.29, 1.82) is 0 Å². The quantitative estimate of drug-likeness (QED) is 0.787. The van der Waals surface area contributed by atoms with Crippen molar-refractivity contribution < 1.29 is 4.79 Å². The van der Waals surface area contributed by atoms with E-state index in [0.29, 0.717) is 6.42 Å². The van der Waals surface area contributed by atoms with Crippen molar-refractivity contribution in [2.45, 2.75) is 6.42 Å². The molecule has 0 aromatic heterocycles. The molecule has 0 aliphatic rings. The molecule has 0 aliphatic heterocycles. The minimum atomic E-state index is 0.151. The summed E-state index contributed by atoms with van der Waals surface area (Å²) in [5.41, 5.74) is 4.04. The number of nitrogens with zero attached hydrogens (tertiary/aromatic N) is 2. The van der Waals surface area contributed by atoms with E-state index in [1.807, 2.05) is 86.5 Å². The molecule has 0 spiro atoms.